The Balaban J connectivity index is -0.000000430. The fourth-order valence-electron chi connectivity index (χ4n) is 1.98. The van der Waals surface area contributed by atoms with Gasteiger partial charge in [0.25, 0.3) is 5.78 Å². The molecule has 0 saturated heterocycles. The van der Waals surface area contributed by atoms with Crippen LogP contribution < -0.4 is 0 Å². The summed E-state index contributed by atoms with van der Waals surface area (Å²) in [6.07, 6.45) is 3.56. The predicted molar refractivity (Wildman–Crippen MR) is 114 cm³/mol. The van der Waals surface area contributed by atoms with Crippen LogP contribution in [0.5, 0.6) is 0 Å². The van der Waals surface area contributed by atoms with E-state index in [9.17, 15) is 24.0 Å². The predicted octanol–water partition coefficient (Wildman–Crippen LogP) is 3.67. The standard InChI is InChI=1S/C12H11O3.C7H5O.C5H8O3.2W/c1-2-10(11(13)12(14)15)8-9-6-4-3-5-7-9;8-6-7-4-2-1-3-5-7;1-2-3-4(6)5(7)8;;/h4-8H,2H2,1H3,(H,14,15);2-6H;2-3H2,1H3,(H,7,8);;/q2*-1;;;/b10-8+;;;;. The molecule has 2 rings (SSSR count). The Morgan fingerprint density at radius 2 is 1.27 bits per heavy atom. The van der Waals surface area contributed by atoms with E-state index < -0.39 is 23.5 Å². The molecule has 0 aliphatic carbocycles. The van der Waals surface area contributed by atoms with Crippen molar-refractivity contribution >= 4 is 35.9 Å². The van der Waals surface area contributed by atoms with Crippen LogP contribution in [0.1, 0.15) is 49.0 Å². The third kappa shape index (κ3) is 16.8. The van der Waals surface area contributed by atoms with Crippen LogP contribution in [0.4, 0.5) is 0 Å². The van der Waals surface area contributed by atoms with E-state index >= 15 is 0 Å². The van der Waals surface area contributed by atoms with Crippen LogP contribution in [-0.4, -0.2) is 40.0 Å². The Kier molecular flexibility index (Phi) is 22.7. The smallest absolute Gasteiger partial charge is 0.376 e. The van der Waals surface area contributed by atoms with Gasteiger partial charge in [0.15, 0.2) is 0 Å². The summed E-state index contributed by atoms with van der Waals surface area (Å²) in [5.41, 5.74) is 1.80. The quantitative estimate of drug-likeness (QED) is 0.181. The molecule has 0 unspecified atom stereocenters. The molecule has 0 spiro atoms. The van der Waals surface area contributed by atoms with E-state index in [1.807, 2.05) is 0 Å². The third-order valence-corrected chi connectivity index (χ3v) is 3.55. The zero-order chi connectivity index (χ0) is 23.6. The first-order chi connectivity index (χ1) is 14.8. The monoisotopic (exact) mass is 792 g/mol. The van der Waals surface area contributed by atoms with E-state index in [0.717, 1.165) is 11.8 Å². The SMILES string of the molecule is CC/C(=C\c1cc[c-]cc1)C(=O)C(=O)O.CCCC(=O)C(=O)O.O=Cc1cc[c-]cc1.[W].[W]. The third-order valence-electron chi connectivity index (χ3n) is 3.55. The van der Waals surface area contributed by atoms with Crippen LogP contribution >= 0.6 is 0 Å². The van der Waals surface area contributed by atoms with Crippen molar-refractivity contribution in [3.63, 3.8) is 0 Å². The topological polar surface area (TPSA) is 126 Å². The Morgan fingerprint density at radius 3 is 1.55 bits per heavy atom. The number of hydrogen-bond donors (Lipinski definition) is 2. The molecule has 0 aliphatic heterocycles. The van der Waals surface area contributed by atoms with Gasteiger partial charge in [-0.15, -0.1) is 5.56 Å². The van der Waals surface area contributed by atoms with E-state index in [0.29, 0.717) is 24.0 Å². The second-order valence-corrected chi connectivity index (χ2v) is 5.92. The number of carbonyl (C=O) groups excluding carboxylic acids is 3. The van der Waals surface area contributed by atoms with Gasteiger partial charge in [0, 0.05) is 54.1 Å². The van der Waals surface area contributed by atoms with Crippen LogP contribution in [0.2, 0.25) is 0 Å². The molecular formula is C24H24O7W2-2. The normalized spacial score (nSPS) is 9.21. The zero-order valence-corrected chi connectivity index (χ0v) is 24.0. The maximum atomic E-state index is 11.2. The minimum Gasteiger partial charge on any atom is -0.476 e. The first-order valence-corrected chi connectivity index (χ1v) is 9.38. The van der Waals surface area contributed by atoms with Gasteiger partial charge >= 0.3 is 11.9 Å². The van der Waals surface area contributed by atoms with Gasteiger partial charge in [-0.25, -0.2) is 9.59 Å². The largest absolute Gasteiger partial charge is 0.476 e. The van der Waals surface area contributed by atoms with E-state index in [4.69, 9.17) is 10.2 Å². The molecule has 0 bridgehead atoms. The van der Waals surface area contributed by atoms with Gasteiger partial charge in [-0.2, -0.15) is 60.7 Å². The maximum Gasteiger partial charge on any atom is 0.376 e. The minimum atomic E-state index is -1.41. The fraction of sp³-hybridized carbons (Fsp3) is 0.208. The molecule has 2 aromatic rings. The second kappa shape index (κ2) is 21.4. The summed E-state index contributed by atoms with van der Waals surface area (Å²) in [5, 5.41) is 16.5. The van der Waals surface area contributed by atoms with Gasteiger partial charge in [-0.05, 0) is 12.8 Å². The molecule has 9 heteroatoms. The van der Waals surface area contributed by atoms with Gasteiger partial charge in [0.05, 0.1) is 0 Å². The molecule has 0 radical (unpaired) electrons. The number of rotatable bonds is 8. The molecule has 7 nitrogen and oxygen atoms in total. The summed E-state index contributed by atoms with van der Waals surface area (Å²) < 4.78 is 0. The van der Waals surface area contributed by atoms with Crippen molar-refractivity contribution in [1.82, 2.24) is 0 Å². The molecule has 0 atom stereocenters. The van der Waals surface area contributed by atoms with Crippen molar-refractivity contribution in [2.75, 3.05) is 0 Å². The molecule has 0 aliphatic rings. The van der Waals surface area contributed by atoms with Crippen LogP contribution in [0, 0.1) is 12.1 Å². The first-order valence-electron chi connectivity index (χ1n) is 9.38. The number of ketones is 2. The maximum absolute atomic E-state index is 11.2. The molecule has 33 heavy (non-hydrogen) atoms. The van der Waals surface area contributed by atoms with E-state index in [-0.39, 0.29) is 48.6 Å². The second-order valence-electron chi connectivity index (χ2n) is 5.92. The Morgan fingerprint density at radius 1 is 0.818 bits per heavy atom. The number of carboxylic acid groups (broad SMARTS) is 2. The zero-order valence-electron chi connectivity index (χ0n) is 18.1. The number of aliphatic carboxylic acids is 2. The molecule has 0 saturated carbocycles. The number of carboxylic acids is 2. The van der Waals surface area contributed by atoms with Crippen LogP contribution in [0.3, 0.4) is 0 Å². The van der Waals surface area contributed by atoms with E-state index in [1.54, 1.807) is 68.5 Å². The molecule has 0 aromatic heterocycles. The summed E-state index contributed by atoms with van der Waals surface area (Å²) in [6, 6.07) is 19.5. The summed E-state index contributed by atoms with van der Waals surface area (Å²) in [4.78, 5) is 51.6. The number of hydrogen-bond acceptors (Lipinski definition) is 5. The Hall–Kier alpha value is -2.49. The van der Waals surface area contributed by atoms with Crippen molar-refractivity contribution in [3.8, 4) is 0 Å². The van der Waals surface area contributed by atoms with Gasteiger partial charge in [-0.1, -0.05) is 25.5 Å². The fourth-order valence-corrected chi connectivity index (χ4v) is 1.98. The summed E-state index contributed by atoms with van der Waals surface area (Å²) in [5.74, 6) is -4.28. The molecule has 0 amide bonds. The summed E-state index contributed by atoms with van der Waals surface area (Å²) in [6.45, 7) is 3.52. The van der Waals surface area contributed by atoms with Gasteiger partial charge < -0.3 is 15.0 Å². The average Bonchev–Trinajstić information content (AvgIpc) is 2.79. The van der Waals surface area contributed by atoms with Gasteiger partial charge in [0.2, 0.25) is 5.78 Å². The van der Waals surface area contributed by atoms with Crippen molar-refractivity contribution in [3.05, 3.63) is 77.4 Å². The number of aldehydes is 1. The molecule has 2 N–H and O–H groups in total. The number of carbonyl (C=O) groups is 5. The van der Waals surface area contributed by atoms with Crippen LogP contribution in [0.15, 0.2) is 54.1 Å². The average molecular weight is 792 g/mol. The number of benzene rings is 2. The number of Topliss-reactive ketones (excluding diaryl/α,β-unsaturated/α-hetero) is 2. The molecule has 0 fully saturated rings. The van der Waals surface area contributed by atoms with Crippen LogP contribution in [-0.2, 0) is 61.3 Å². The Labute approximate surface area is 221 Å². The molecule has 2 aromatic carbocycles. The van der Waals surface area contributed by atoms with Crippen molar-refractivity contribution in [2.24, 2.45) is 0 Å². The van der Waals surface area contributed by atoms with Crippen molar-refractivity contribution in [1.29, 1.82) is 0 Å². The van der Waals surface area contributed by atoms with E-state index in [2.05, 4.69) is 12.1 Å². The van der Waals surface area contributed by atoms with Gasteiger partial charge in [-0.3, -0.25) is 9.59 Å². The molecular weight excluding hydrogens is 768 g/mol. The summed E-state index contributed by atoms with van der Waals surface area (Å²) in [7, 11) is 0. The first kappa shape index (κ1) is 35.1. The molecule has 176 valence electrons. The molecule has 0 heterocycles. The van der Waals surface area contributed by atoms with Crippen molar-refractivity contribution in [2.45, 2.75) is 33.1 Å². The van der Waals surface area contributed by atoms with Crippen LogP contribution in [0.25, 0.3) is 6.08 Å². The van der Waals surface area contributed by atoms with E-state index in [1.165, 1.54) is 0 Å². The van der Waals surface area contributed by atoms with Gasteiger partial charge in [0.1, 0.15) is 6.29 Å². The summed E-state index contributed by atoms with van der Waals surface area (Å²) >= 11 is 0. The van der Waals surface area contributed by atoms with Crippen molar-refractivity contribution < 1.29 is 76.3 Å². The minimum absolute atomic E-state index is 0. The Bertz CT molecular complexity index is 896.